The third-order valence-corrected chi connectivity index (χ3v) is 5.37. The van der Waals surface area contributed by atoms with Crippen LogP contribution in [0, 0.1) is 18.3 Å². The van der Waals surface area contributed by atoms with Crippen LogP contribution < -0.4 is 10.5 Å². The fourth-order valence-corrected chi connectivity index (χ4v) is 4.07. The SMILES string of the molecule is Cc1cc(C#N)ccc1S(=O)(=O)NC1CCC(N)CC1. The first kappa shape index (κ1) is 15.0. The van der Waals surface area contributed by atoms with Crippen molar-refractivity contribution < 1.29 is 8.42 Å². The molecule has 1 aliphatic rings. The first-order valence-electron chi connectivity index (χ1n) is 6.71. The van der Waals surface area contributed by atoms with Crippen LogP contribution in [-0.2, 0) is 10.0 Å². The molecular formula is C14H19N3O2S. The molecule has 6 heteroatoms. The third kappa shape index (κ3) is 3.37. The van der Waals surface area contributed by atoms with E-state index in [0.29, 0.717) is 11.1 Å². The van der Waals surface area contributed by atoms with Crippen molar-refractivity contribution in [2.75, 3.05) is 0 Å². The fourth-order valence-electron chi connectivity index (χ4n) is 2.54. The van der Waals surface area contributed by atoms with Gasteiger partial charge in [0, 0.05) is 12.1 Å². The van der Waals surface area contributed by atoms with Gasteiger partial charge in [-0.3, -0.25) is 0 Å². The Kier molecular flexibility index (Phi) is 4.43. The van der Waals surface area contributed by atoms with E-state index < -0.39 is 10.0 Å². The van der Waals surface area contributed by atoms with E-state index in [1.807, 2.05) is 6.07 Å². The van der Waals surface area contributed by atoms with Gasteiger partial charge < -0.3 is 5.73 Å². The van der Waals surface area contributed by atoms with Crippen molar-refractivity contribution in [1.82, 2.24) is 4.72 Å². The predicted octanol–water partition coefficient (Wildman–Crippen LogP) is 1.41. The van der Waals surface area contributed by atoms with Gasteiger partial charge in [-0.25, -0.2) is 13.1 Å². The number of nitrogens with zero attached hydrogens (tertiary/aromatic N) is 1. The molecule has 0 unspecified atom stereocenters. The topological polar surface area (TPSA) is 96.0 Å². The molecule has 0 saturated heterocycles. The van der Waals surface area contributed by atoms with Crippen LogP contribution in [0.3, 0.4) is 0 Å². The quantitative estimate of drug-likeness (QED) is 0.880. The number of aryl methyl sites for hydroxylation is 1. The van der Waals surface area contributed by atoms with E-state index in [-0.39, 0.29) is 17.0 Å². The van der Waals surface area contributed by atoms with Gasteiger partial charge in [-0.15, -0.1) is 0 Å². The Labute approximate surface area is 119 Å². The highest BCUT2D eigenvalue weighted by Gasteiger charge is 2.25. The molecule has 0 bridgehead atoms. The van der Waals surface area contributed by atoms with Crippen molar-refractivity contribution in [2.24, 2.45) is 5.73 Å². The van der Waals surface area contributed by atoms with Crippen molar-refractivity contribution in [3.05, 3.63) is 29.3 Å². The van der Waals surface area contributed by atoms with Gasteiger partial charge in [0.25, 0.3) is 0 Å². The molecular weight excluding hydrogens is 274 g/mol. The molecule has 2 rings (SSSR count). The maximum atomic E-state index is 12.4. The van der Waals surface area contributed by atoms with Crippen LogP contribution in [0.1, 0.15) is 36.8 Å². The number of nitrogens with two attached hydrogens (primary N) is 1. The molecule has 1 aromatic carbocycles. The van der Waals surface area contributed by atoms with Gasteiger partial charge in [-0.2, -0.15) is 5.26 Å². The van der Waals surface area contributed by atoms with E-state index in [2.05, 4.69) is 4.72 Å². The Morgan fingerprint density at radius 3 is 2.50 bits per heavy atom. The van der Waals surface area contributed by atoms with E-state index >= 15 is 0 Å². The minimum atomic E-state index is -3.53. The number of hydrogen-bond acceptors (Lipinski definition) is 4. The van der Waals surface area contributed by atoms with Gasteiger partial charge in [0.15, 0.2) is 0 Å². The average molecular weight is 293 g/mol. The molecule has 1 fully saturated rings. The smallest absolute Gasteiger partial charge is 0.241 e. The molecule has 0 heterocycles. The van der Waals surface area contributed by atoms with Crippen LogP contribution in [0.5, 0.6) is 0 Å². The first-order chi connectivity index (χ1) is 9.42. The molecule has 1 saturated carbocycles. The van der Waals surface area contributed by atoms with Crippen molar-refractivity contribution in [1.29, 1.82) is 5.26 Å². The zero-order valence-electron chi connectivity index (χ0n) is 11.5. The summed E-state index contributed by atoms with van der Waals surface area (Å²) < 4.78 is 27.5. The lowest BCUT2D eigenvalue weighted by atomic mass is 9.93. The molecule has 0 amide bonds. The molecule has 108 valence electrons. The summed E-state index contributed by atoms with van der Waals surface area (Å²) in [6, 6.07) is 6.75. The summed E-state index contributed by atoms with van der Waals surface area (Å²) in [4.78, 5) is 0.242. The Balaban J connectivity index is 2.16. The molecule has 0 spiro atoms. The van der Waals surface area contributed by atoms with Gasteiger partial charge in [0.2, 0.25) is 10.0 Å². The molecule has 3 N–H and O–H groups in total. The summed E-state index contributed by atoms with van der Waals surface area (Å²) in [6.45, 7) is 1.70. The number of sulfonamides is 1. The van der Waals surface area contributed by atoms with Gasteiger partial charge in [-0.1, -0.05) is 0 Å². The minimum absolute atomic E-state index is 0.0464. The molecule has 0 aromatic heterocycles. The average Bonchev–Trinajstić information content (AvgIpc) is 2.40. The fraction of sp³-hybridized carbons (Fsp3) is 0.500. The molecule has 1 aliphatic carbocycles. The lowest BCUT2D eigenvalue weighted by Crippen LogP contribution is -2.40. The Morgan fingerprint density at radius 2 is 1.95 bits per heavy atom. The standard InChI is InChI=1S/C14H19N3O2S/c1-10-8-11(9-15)2-7-14(10)20(18,19)17-13-5-3-12(16)4-6-13/h2,7-8,12-13,17H,3-6,16H2,1H3. The normalized spacial score (nSPS) is 23.2. The van der Waals surface area contributed by atoms with Crippen molar-refractivity contribution in [3.63, 3.8) is 0 Å². The van der Waals surface area contributed by atoms with E-state index in [9.17, 15) is 8.42 Å². The second-order valence-electron chi connectivity index (χ2n) is 5.33. The number of nitrogens with one attached hydrogen (secondary N) is 1. The van der Waals surface area contributed by atoms with Crippen LogP contribution in [0.4, 0.5) is 0 Å². The van der Waals surface area contributed by atoms with E-state index in [1.165, 1.54) is 12.1 Å². The zero-order valence-corrected chi connectivity index (χ0v) is 12.3. The van der Waals surface area contributed by atoms with Crippen LogP contribution in [0.2, 0.25) is 0 Å². The molecule has 5 nitrogen and oxygen atoms in total. The molecule has 0 atom stereocenters. The highest BCUT2D eigenvalue weighted by atomic mass is 32.2. The first-order valence-corrected chi connectivity index (χ1v) is 8.19. The second kappa shape index (κ2) is 5.92. The summed E-state index contributed by atoms with van der Waals surface area (Å²) in [5, 5.41) is 8.81. The summed E-state index contributed by atoms with van der Waals surface area (Å²) in [5.41, 5.74) is 6.87. The van der Waals surface area contributed by atoms with Gasteiger partial charge in [0.1, 0.15) is 0 Å². The third-order valence-electron chi connectivity index (χ3n) is 3.69. The van der Waals surface area contributed by atoms with E-state index in [4.69, 9.17) is 11.0 Å². The van der Waals surface area contributed by atoms with Crippen molar-refractivity contribution in [3.8, 4) is 6.07 Å². The predicted molar refractivity (Wildman–Crippen MR) is 76.4 cm³/mol. The van der Waals surface area contributed by atoms with E-state index in [0.717, 1.165) is 25.7 Å². The lowest BCUT2D eigenvalue weighted by molar-refractivity contribution is 0.373. The highest BCUT2D eigenvalue weighted by Crippen LogP contribution is 2.21. The molecule has 1 aromatic rings. The zero-order chi connectivity index (χ0) is 14.8. The second-order valence-corrected chi connectivity index (χ2v) is 7.01. The molecule has 0 radical (unpaired) electrons. The monoisotopic (exact) mass is 293 g/mol. The van der Waals surface area contributed by atoms with Crippen LogP contribution in [-0.4, -0.2) is 20.5 Å². The molecule has 20 heavy (non-hydrogen) atoms. The van der Waals surface area contributed by atoms with Gasteiger partial charge in [0.05, 0.1) is 16.5 Å². The maximum Gasteiger partial charge on any atom is 0.241 e. The maximum absolute atomic E-state index is 12.4. The number of hydrogen-bond donors (Lipinski definition) is 2. The summed E-state index contributed by atoms with van der Waals surface area (Å²) >= 11 is 0. The lowest BCUT2D eigenvalue weighted by Gasteiger charge is -2.26. The summed E-state index contributed by atoms with van der Waals surface area (Å²) in [6.07, 6.45) is 3.24. The molecule has 0 aliphatic heterocycles. The number of nitriles is 1. The highest BCUT2D eigenvalue weighted by molar-refractivity contribution is 7.89. The number of benzene rings is 1. The minimum Gasteiger partial charge on any atom is -0.328 e. The van der Waals surface area contributed by atoms with Crippen molar-refractivity contribution in [2.45, 2.75) is 49.6 Å². The largest absolute Gasteiger partial charge is 0.328 e. The van der Waals surface area contributed by atoms with Gasteiger partial charge in [-0.05, 0) is 56.4 Å². The Bertz CT molecular complexity index is 626. The Morgan fingerprint density at radius 1 is 1.30 bits per heavy atom. The Hall–Kier alpha value is -1.42. The van der Waals surface area contributed by atoms with Crippen molar-refractivity contribution >= 4 is 10.0 Å². The number of rotatable bonds is 3. The summed E-state index contributed by atoms with van der Waals surface area (Å²) in [7, 11) is -3.53. The van der Waals surface area contributed by atoms with Crippen LogP contribution >= 0.6 is 0 Å². The van der Waals surface area contributed by atoms with E-state index in [1.54, 1.807) is 13.0 Å². The van der Waals surface area contributed by atoms with Gasteiger partial charge >= 0.3 is 0 Å². The van der Waals surface area contributed by atoms with Crippen LogP contribution in [0.15, 0.2) is 23.1 Å². The van der Waals surface area contributed by atoms with Crippen LogP contribution in [0.25, 0.3) is 0 Å². The summed E-state index contributed by atoms with van der Waals surface area (Å²) in [5.74, 6) is 0.